The van der Waals surface area contributed by atoms with Crippen molar-refractivity contribution in [2.24, 2.45) is 11.7 Å². The van der Waals surface area contributed by atoms with E-state index in [1.54, 1.807) is 29.2 Å². The minimum atomic E-state index is -0.196. The van der Waals surface area contributed by atoms with Crippen LogP contribution in [-0.2, 0) is 4.79 Å². The third kappa shape index (κ3) is 4.61. The normalized spacial score (nSPS) is 17.9. The van der Waals surface area contributed by atoms with Gasteiger partial charge in [-0.3, -0.25) is 4.79 Å². The fourth-order valence-electron chi connectivity index (χ4n) is 2.45. The second kappa shape index (κ2) is 8.00. The first-order chi connectivity index (χ1) is 10.6. The molecule has 1 unspecified atom stereocenters. The number of nitrogens with one attached hydrogen (secondary N) is 2. The van der Waals surface area contributed by atoms with Gasteiger partial charge in [0.2, 0.25) is 5.91 Å². The van der Waals surface area contributed by atoms with E-state index in [0.717, 1.165) is 12.8 Å². The molecule has 1 heterocycles. The number of hydrogen-bond acceptors (Lipinski definition) is 3. The van der Waals surface area contributed by atoms with Gasteiger partial charge in [0.05, 0.1) is 5.92 Å². The average Bonchev–Trinajstić information content (AvgIpc) is 2.54. The number of urea groups is 1. The number of carbonyl (C=O) groups excluding carboxylic acids is 2. The predicted molar refractivity (Wildman–Crippen MR) is 86.8 cm³/mol. The predicted octanol–water partition coefficient (Wildman–Crippen LogP) is 1.66. The van der Waals surface area contributed by atoms with Gasteiger partial charge < -0.3 is 21.3 Å². The molecule has 1 aliphatic rings. The third-order valence-corrected chi connectivity index (χ3v) is 3.87. The quantitative estimate of drug-likeness (QED) is 0.787. The van der Waals surface area contributed by atoms with Crippen molar-refractivity contribution < 1.29 is 9.59 Å². The van der Waals surface area contributed by atoms with Gasteiger partial charge in [0.1, 0.15) is 0 Å². The molecule has 0 radical (unpaired) electrons. The van der Waals surface area contributed by atoms with Crippen molar-refractivity contribution in [2.75, 3.05) is 31.5 Å². The number of benzene rings is 1. The molecular weight excluding hydrogens is 304 g/mol. The Kier molecular flexibility index (Phi) is 6.03. The highest BCUT2D eigenvalue weighted by atomic mass is 35.5. The van der Waals surface area contributed by atoms with Gasteiger partial charge in [-0.2, -0.15) is 0 Å². The molecule has 1 aliphatic heterocycles. The second-order valence-corrected chi connectivity index (χ2v) is 5.74. The van der Waals surface area contributed by atoms with Gasteiger partial charge in [-0.15, -0.1) is 0 Å². The Bertz CT molecular complexity index is 521. The maximum absolute atomic E-state index is 12.3. The maximum atomic E-state index is 12.3. The van der Waals surface area contributed by atoms with Gasteiger partial charge in [-0.1, -0.05) is 11.6 Å². The van der Waals surface area contributed by atoms with Gasteiger partial charge in [0.25, 0.3) is 0 Å². The molecule has 6 nitrogen and oxygen atoms in total. The molecule has 4 N–H and O–H groups in total. The summed E-state index contributed by atoms with van der Waals surface area (Å²) >= 11 is 5.82. The zero-order valence-corrected chi connectivity index (χ0v) is 13.1. The lowest BCUT2D eigenvalue weighted by molar-refractivity contribution is -0.126. The van der Waals surface area contributed by atoms with Crippen LogP contribution in [0.3, 0.4) is 0 Å². The number of piperidine rings is 1. The summed E-state index contributed by atoms with van der Waals surface area (Å²) in [6, 6.07) is 6.73. The molecule has 1 aromatic rings. The highest BCUT2D eigenvalue weighted by molar-refractivity contribution is 6.30. The van der Waals surface area contributed by atoms with Crippen LogP contribution in [0.5, 0.6) is 0 Å². The summed E-state index contributed by atoms with van der Waals surface area (Å²) in [6.07, 6.45) is 1.61. The van der Waals surface area contributed by atoms with Crippen LogP contribution in [0, 0.1) is 5.92 Å². The van der Waals surface area contributed by atoms with Crippen LogP contribution in [-0.4, -0.2) is 43.0 Å². The third-order valence-electron chi connectivity index (χ3n) is 3.62. The summed E-state index contributed by atoms with van der Waals surface area (Å²) in [6.45, 7) is 1.96. The van der Waals surface area contributed by atoms with E-state index in [-0.39, 0.29) is 17.9 Å². The molecule has 1 fully saturated rings. The largest absolute Gasteiger partial charge is 0.355 e. The number of likely N-dealkylation sites (tertiary alicyclic amines) is 1. The monoisotopic (exact) mass is 324 g/mol. The van der Waals surface area contributed by atoms with Gasteiger partial charge in [-0.25, -0.2) is 4.79 Å². The highest BCUT2D eigenvalue weighted by Crippen LogP contribution is 2.19. The molecule has 0 bridgehead atoms. The zero-order valence-electron chi connectivity index (χ0n) is 12.3. The van der Waals surface area contributed by atoms with Crippen molar-refractivity contribution in [2.45, 2.75) is 12.8 Å². The molecule has 0 aliphatic carbocycles. The summed E-state index contributed by atoms with van der Waals surface area (Å²) in [7, 11) is 0. The first kappa shape index (κ1) is 16.6. The van der Waals surface area contributed by atoms with Crippen LogP contribution in [0.1, 0.15) is 12.8 Å². The fraction of sp³-hybridized carbons (Fsp3) is 0.467. The van der Waals surface area contributed by atoms with E-state index < -0.39 is 0 Å². The molecule has 0 aromatic heterocycles. The van der Waals surface area contributed by atoms with Crippen molar-refractivity contribution in [3.63, 3.8) is 0 Å². The summed E-state index contributed by atoms with van der Waals surface area (Å²) in [5, 5.41) is 6.22. The lowest BCUT2D eigenvalue weighted by Crippen LogP contribution is -2.47. The highest BCUT2D eigenvalue weighted by Gasteiger charge is 2.28. The van der Waals surface area contributed by atoms with Crippen LogP contribution in [0.2, 0.25) is 5.02 Å². The molecule has 1 saturated heterocycles. The number of anilines is 1. The Morgan fingerprint density at radius 1 is 1.32 bits per heavy atom. The molecule has 1 atom stereocenters. The van der Waals surface area contributed by atoms with E-state index >= 15 is 0 Å². The second-order valence-electron chi connectivity index (χ2n) is 5.30. The minimum absolute atomic E-state index is 0.0329. The fourth-order valence-corrected chi connectivity index (χ4v) is 2.58. The lowest BCUT2D eigenvalue weighted by atomic mass is 9.97. The Morgan fingerprint density at radius 3 is 2.73 bits per heavy atom. The SMILES string of the molecule is NCCNC(=O)C1CCCN(C(=O)Nc2ccc(Cl)cc2)C1. The first-order valence-corrected chi connectivity index (χ1v) is 7.77. The number of carbonyl (C=O) groups is 2. The Hall–Kier alpha value is -1.79. The molecule has 7 heteroatoms. The van der Waals surface area contributed by atoms with Gasteiger partial charge >= 0.3 is 6.03 Å². The van der Waals surface area contributed by atoms with Crippen molar-refractivity contribution in [3.8, 4) is 0 Å². The molecule has 22 heavy (non-hydrogen) atoms. The summed E-state index contributed by atoms with van der Waals surface area (Å²) in [5.41, 5.74) is 6.06. The molecule has 1 aromatic carbocycles. The van der Waals surface area contributed by atoms with Crippen LogP contribution in [0.4, 0.5) is 10.5 Å². The summed E-state index contributed by atoms with van der Waals surface area (Å²) in [5.74, 6) is -0.203. The minimum Gasteiger partial charge on any atom is -0.355 e. The average molecular weight is 325 g/mol. The topological polar surface area (TPSA) is 87.5 Å². The van der Waals surface area contributed by atoms with Crippen molar-refractivity contribution >= 4 is 29.2 Å². The number of nitrogens with zero attached hydrogens (tertiary/aromatic N) is 1. The van der Waals surface area contributed by atoms with E-state index in [0.29, 0.717) is 36.9 Å². The van der Waals surface area contributed by atoms with Gasteiger partial charge in [-0.05, 0) is 37.1 Å². The molecule has 0 saturated carbocycles. The Balaban J connectivity index is 1.89. The van der Waals surface area contributed by atoms with E-state index in [9.17, 15) is 9.59 Å². The van der Waals surface area contributed by atoms with Crippen LogP contribution >= 0.6 is 11.6 Å². The van der Waals surface area contributed by atoms with E-state index in [4.69, 9.17) is 17.3 Å². The van der Waals surface area contributed by atoms with Gasteiger partial charge in [0, 0.05) is 36.9 Å². The van der Waals surface area contributed by atoms with Crippen molar-refractivity contribution in [1.82, 2.24) is 10.2 Å². The zero-order chi connectivity index (χ0) is 15.9. The molecular formula is C15H21ClN4O2. The Morgan fingerprint density at radius 2 is 2.05 bits per heavy atom. The van der Waals surface area contributed by atoms with E-state index in [1.165, 1.54) is 0 Å². The maximum Gasteiger partial charge on any atom is 0.321 e. The van der Waals surface area contributed by atoms with Crippen molar-refractivity contribution in [3.05, 3.63) is 29.3 Å². The number of rotatable bonds is 4. The number of halogens is 1. The molecule has 0 spiro atoms. The number of nitrogens with two attached hydrogens (primary N) is 1. The first-order valence-electron chi connectivity index (χ1n) is 7.39. The molecule has 2 rings (SSSR count). The smallest absolute Gasteiger partial charge is 0.321 e. The van der Waals surface area contributed by atoms with E-state index in [1.807, 2.05) is 0 Å². The standard InChI is InChI=1S/C15H21ClN4O2/c16-12-3-5-13(6-4-12)19-15(22)20-9-1-2-11(10-20)14(21)18-8-7-17/h3-6,11H,1-2,7-10,17H2,(H,18,21)(H,19,22). The van der Waals surface area contributed by atoms with Crippen LogP contribution in [0.15, 0.2) is 24.3 Å². The lowest BCUT2D eigenvalue weighted by Gasteiger charge is -2.32. The number of hydrogen-bond donors (Lipinski definition) is 3. The summed E-state index contributed by atoms with van der Waals surface area (Å²) < 4.78 is 0. The van der Waals surface area contributed by atoms with Gasteiger partial charge in [0.15, 0.2) is 0 Å². The summed E-state index contributed by atoms with van der Waals surface area (Å²) in [4.78, 5) is 25.9. The van der Waals surface area contributed by atoms with Crippen LogP contribution < -0.4 is 16.4 Å². The van der Waals surface area contributed by atoms with Crippen molar-refractivity contribution in [1.29, 1.82) is 0 Å². The molecule has 120 valence electrons. The number of amides is 3. The van der Waals surface area contributed by atoms with Crippen LogP contribution in [0.25, 0.3) is 0 Å². The Labute approximate surface area is 135 Å². The van der Waals surface area contributed by atoms with E-state index in [2.05, 4.69) is 10.6 Å². The molecule has 3 amide bonds.